The van der Waals surface area contributed by atoms with Gasteiger partial charge < -0.3 is 19.2 Å². The van der Waals surface area contributed by atoms with Gasteiger partial charge >= 0.3 is 0 Å². The number of oxazole rings is 1. The van der Waals surface area contributed by atoms with Crippen LogP contribution in [0.25, 0.3) is 0 Å². The first-order chi connectivity index (χ1) is 10.1. The van der Waals surface area contributed by atoms with Crippen LogP contribution < -0.4 is 14.8 Å². The number of methoxy groups -OCH3 is 1. The van der Waals surface area contributed by atoms with E-state index in [-0.39, 0.29) is 0 Å². The molecular weight excluding hydrogens is 336 g/mol. The van der Waals surface area contributed by atoms with E-state index in [9.17, 15) is 0 Å². The van der Waals surface area contributed by atoms with Crippen LogP contribution in [0.2, 0.25) is 0 Å². The fourth-order valence-electron chi connectivity index (χ4n) is 1.96. The summed E-state index contributed by atoms with van der Waals surface area (Å²) in [4.78, 5) is 4.15. The van der Waals surface area contributed by atoms with Gasteiger partial charge in [-0.15, -0.1) is 0 Å². The van der Waals surface area contributed by atoms with Crippen LogP contribution in [0.1, 0.15) is 24.1 Å². The van der Waals surface area contributed by atoms with Gasteiger partial charge in [-0.2, -0.15) is 0 Å². The molecule has 0 radical (unpaired) electrons. The summed E-state index contributed by atoms with van der Waals surface area (Å²) in [5, 5.41) is 3.29. The van der Waals surface area contributed by atoms with E-state index in [1.54, 1.807) is 13.3 Å². The highest BCUT2D eigenvalue weighted by Gasteiger charge is 2.11. The van der Waals surface area contributed by atoms with Gasteiger partial charge in [-0.25, -0.2) is 4.98 Å². The molecule has 0 spiro atoms. The molecule has 2 aromatic rings. The Morgan fingerprint density at radius 3 is 2.76 bits per heavy atom. The minimum atomic E-state index is 0.584. The van der Waals surface area contributed by atoms with Crippen molar-refractivity contribution >= 4 is 15.9 Å². The molecular formula is C15H19BrN2O3. The molecule has 0 unspecified atom stereocenters. The first-order valence-electron chi connectivity index (χ1n) is 6.75. The van der Waals surface area contributed by atoms with E-state index in [4.69, 9.17) is 13.9 Å². The van der Waals surface area contributed by atoms with Gasteiger partial charge in [0.1, 0.15) is 5.76 Å². The number of hydrogen-bond donors (Lipinski definition) is 1. The molecule has 0 saturated carbocycles. The molecule has 2 rings (SSSR count). The van der Waals surface area contributed by atoms with Gasteiger partial charge in [-0.3, -0.25) is 0 Å². The van der Waals surface area contributed by atoms with Crippen molar-refractivity contribution in [3.63, 3.8) is 0 Å². The summed E-state index contributed by atoms with van der Waals surface area (Å²) in [5.41, 5.74) is 1.09. The minimum Gasteiger partial charge on any atom is -0.493 e. The highest BCUT2D eigenvalue weighted by molar-refractivity contribution is 9.10. The number of halogens is 1. The lowest BCUT2D eigenvalue weighted by Gasteiger charge is -2.13. The fourth-order valence-corrected chi connectivity index (χ4v) is 2.56. The first kappa shape index (κ1) is 15.9. The number of ether oxygens (including phenoxy) is 2. The number of nitrogens with zero attached hydrogens (tertiary/aromatic N) is 1. The Kier molecular flexibility index (Phi) is 5.64. The molecule has 0 fully saturated rings. The molecule has 0 saturated heterocycles. The Balaban J connectivity index is 2.01. The fraction of sp³-hybridized carbons (Fsp3) is 0.400. The van der Waals surface area contributed by atoms with E-state index in [1.807, 2.05) is 26.0 Å². The number of hydrogen-bond acceptors (Lipinski definition) is 5. The number of rotatable bonds is 7. The zero-order valence-electron chi connectivity index (χ0n) is 12.4. The Bertz CT molecular complexity index is 599. The van der Waals surface area contributed by atoms with E-state index in [1.165, 1.54) is 0 Å². The summed E-state index contributed by atoms with van der Waals surface area (Å²) in [6, 6.07) is 3.98. The standard InChI is InChI=1S/C15H19BrN2O3/c1-4-20-15-12(16)5-11(6-13(15)19-3)8-17-9-14-18-7-10(2)21-14/h5-7,17H,4,8-9H2,1-3H3. The zero-order chi connectivity index (χ0) is 15.2. The summed E-state index contributed by atoms with van der Waals surface area (Å²) in [5.74, 6) is 2.95. The lowest BCUT2D eigenvalue weighted by atomic mass is 10.2. The highest BCUT2D eigenvalue weighted by Crippen LogP contribution is 2.36. The van der Waals surface area contributed by atoms with Crippen molar-refractivity contribution in [1.82, 2.24) is 10.3 Å². The van der Waals surface area contributed by atoms with Crippen molar-refractivity contribution in [2.45, 2.75) is 26.9 Å². The summed E-state index contributed by atoms with van der Waals surface area (Å²) in [6.07, 6.45) is 1.72. The van der Waals surface area contributed by atoms with Crippen LogP contribution >= 0.6 is 15.9 Å². The van der Waals surface area contributed by atoms with Crippen molar-refractivity contribution in [1.29, 1.82) is 0 Å². The Morgan fingerprint density at radius 2 is 2.14 bits per heavy atom. The molecule has 0 aliphatic carbocycles. The third kappa shape index (κ3) is 4.22. The van der Waals surface area contributed by atoms with Crippen LogP contribution in [-0.4, -0.2) is 18.7 Å². The van der Waals surface area contributed by atoms with Crippen LogP contribution in [0, 0.1) is 6.92 Å². The Labute approximate surface area is 132 Å². The molecule has 0 aliphatic heterocycles. The molecule has 0 atom stereocenters. The second kappa shape index (κ2) is 7.47. The number of nitrogens with one attached hydrogen (secondary N) is 1. The second-order valence-corrected chi connectivity index (χ2v) is 5.36. The van der Waals surface area contributed by atoms with Crippen molar-refractivity contribution in [2.75, 3.05) is 13.7 Å². The molecule has 5 nitrogen and oxygen atoms in total. The molecule has 0 amide bonds. The molecule has 6 heteroatoms. The zero-order valence-corrected chi connectivity index (χ0v) is 14.0. The average Bonchev–Trinajstić information content (AvgIpc) is 2.87. The maximum atomic E-state index is 5.57. The maximum Gasteiger partial charge on any atom is 0.208 e. The van der Waals surface area contributed by atoms with Gasteiger partial charge in [-0.1, -0.05) is 0 Å². The largest absolute Gasteiger partial charge is 0.493 e. The van der Waals surface area contributed by atoms with Gasteiger partial charge in [-0.05, 0) is 47.5 Å². The van der Waals surface area contributed by atoms with E-state index in [0.717, 1.165) is 27.3 Å². The highest BCUT2D eigenvalue weighted by atomic mass is 79.9. The number of aromatic nitrogens is 1. The lowest BCUT2D eigenvalue weighted by Crippen LogP contribution is -2.13. The average molecular weight is 355 g/mol. The molecule has 1 aromatic heterocycles. The Hall–Kier alpha value is -1.53. The van der Waals surface area contributed by atoms with Crippen LogP contribution in [0.15, 0.2) is 27.2 Å². The number of benzene rings is 1. The minimum absolute atomic E-state index is 0.584. The maximum absolute atomic E-state index is 5.57. The van der Waals surface area contributed by atoms with Gasteiger partial charge in [0.2, 0.25) is 5.89 Å². The van der Waals surface area contributed by atoms with Crippen LogP contribution in [0.5, 0.6) is 11.5 Å². The SMILES string of the molecule is CCOc1c(Br)cc(CNCc2ncc(C)o2)cc1OC. The molecule has 0 bridgehead atoms. The van der Waals surface area contributed by atoms with Gasteiger partial charge in [0.05, 0.1) is 30.9 Å². The lowest BCUT2D eigenvalue weighted by molar-refractivity contribution is 0.308. The van der Waals surface area contributed by atoms with Crippen molar-refractivity contribution < 1.29 is 13.9 Å². The third-order valence-electron chi connectivity index (χ3n) is 2.85. The molecule has 114 valence electrons. The predicted octanol–water partition coefficient (Wildman–Crippen LogP) is 3.44. The van der Waals surface area contributed by atoms with Crippen LogP contribution in [0.4, 0.5) is 0 Å². The second-order valence-electron chi connectivity index (χ2n) is 4.51. The van der Waals surface area contributed by atoms with Gasteiger partial charge in [0, 0.05) is 6.54 Å². The van der Waals surface area contributed by atoms with Crippen LogP contribution in [0.3, 0.4) is 0 Å². The summed E-state index contributed by atoms with van der Waals surface area (Å²) < 4.78 is 17.2. The topological polar surface area (TPSA) is 56.5 Å². The molecule has 0 aliphatic rings. The number of aryl methyl sites for hydroxylation is 1. The smallest absolute Gasteiger partial charge is 0.208 e. The third-order valence-corrected chi connectivity index (χ3v) is 3.44. The van der Waals surface area contributed by atoms with Crippen molar-refractivity contribution in [2.24, 2.45) is 0 Å². The normalized spacial score (nSPS) is 10.7. The summed E-state index contributed by atoms with van der Waals surface area (Å²) in [7, 11) is 1.64. The van der Waals surface area contributed by atoms with Crippen molar-refractivity contribution in [3.05, 3.63) is 40.0 Å². The molecule has 1 heterocycles. The predicted molar refractivity (Wildman–Crippen MR) is 83.6 cm³/mol. The van der Waals surface area contributed by atoms with Crippen LogP contribution in [-0.2, 0) is 13.1 Å². The quantitative estimate of drug-likeness (QED) is 0.825. The van der Waals surface area contributed by atoms with E-state index < -0.39 is 0 Å². The van der Waals surface area contributed by atoms with E-state index in [0.29, 0.717) is 25.6 Å². The monoisotopic (exact) mass is 354 g/mol. The summed E-state index contributed by atoms with van der Waals surface area (Å²) >= 11 is 3.52. The molecule has 1 N–H and O–H groups in total. The summed E-state index contributed by atoms with van der Waals surface area (Å²) in [6.45, 7) is 5.68. The Morgan fingerprint density at radius 1 is 1.33 bits per heavy atom. The van der Waals surface area contributed by atoms with E-state index >= 15 is 0 Å². The molecule has 1 aromatic carbocycles. The van der Waals surface area contributed by atoms with E-state index in [2.05, 4.69) is 26.2 Å². The van der Waals surface area contributed by atoms with Gasteiger partial charge in [0.25, 0.3) is 0 Å². The van der Waals surface area contributed by atoms with Gasteiger partial charge in [0.15, 0.2) is 11.5 Å². The first-order valence-corrected chi connectivity index (χ1v) is 7.54. The van der Waals surface area contributed by atoms with Crippen molar-refractivity contribution in [3.8, 4) is 11.5 Å². The molecule has 21 heavy (non-hydrogen) atoms.